The van der Waals surface area contributed by atoms with Crippen LogP contribution in [0.3, 0.4) is 0 Å². The van der Waals surface area contributed by atoms with Gasteiger partial charge in [0.15, 0.2) is 34.7 Å². The molecule has 42 heavy (non-hydrogen) atoms. The molecule has 0 heterocycles. The van der Waals surface area contributed by atoms with E-state index < -0.39 is 70.2 Å². The molecule has 2 fully saturated rings. The molecule has 4 N–H and O–H groups in total. The summed E-state index contributed by atoms with van der Waals surface area (Å²) < 4.78 is 13.3. The molecule has 2 unspecified atom stereocenters. The predicted molar refractivity (Wildman–Crippen MR) is 151 cm³/mol. The zero-order chi connectivity index (χ0) is 30.8. The maximum atomic E-state index is 14.1. The molecule has 220 valence electrons. The molecule has 0 bridgehead atoms. The van der Waals surface area contributed by atoms with Gasteiger partial charge < -0.3 is 20.8 Å². The first-order chi connectivity index (χ1) is 19.7. The number of nitrogens with two attached hydrogens (primary N) is 1. The van der Waals surface area contributed by atoms with Crippen LogP contribution in [0.2, 0.25) is 0 Å². The minimum Gasteiger partial charge on any atom is -0.507 e. The SMILES string of the molecule is CN(C)c1cc(C=Cc2ccc(F)cc2)c(O)c2c1C[C@@H]1C[C@@H]3[C@@H](N(C)C)C(=O)C(C(N)=O)C(=O)[C@]3(O)C(=O)C1C2=O. The number of nitrogens with zero attached hydrogens (tertiary/aromatic N) is 2. The number of phenolic OH excluding ortho intramolecular Hbond substituents is 1. The van der Waals surface area contributed by atoms with Gasteiger partial charge in [-0.25, -0.2) is 4.39 Å². The second-order valence-electron chi connectivity index (χ2n) is 11.8. The number of carbonyl (C=O) groups excluding carboxylic acids is 5. The molecule has 0 aromatic heterocycles. The summed E-state index contributed by atoms with van der Waals surface area (Å²) in [6, 6.07) is 6.22. The van der Waals surface area contributed by atoms with Gasteiger partial charge in [0.05, 0.1) is 17.5 Å². The van der Waals surface area contributed by atoms with E-state index >= 15 is 0 Å². The number of Topliss-reactive ketones (excluding diaryl/α,β-unsaturated/α-hetero) is 4. The van der Waals surface area contributed by atoms with E-state index in [0.29, 0.717) is 16.8 Å². The monoisotopic (exact) mass is 577 g/mol. The normalized spacial score (nSPS) is 29.0. The number of likely N-dealkylation sites (N-methyl/N-ethyl adjacent to an activating group) is 1. The first kappa shape index (κ1) is 29.3. The van der Waals surface area contributed by atoms with Crippen LogP contribution in [0.1, 0.15) is 33.5 Å². The zero-order valence-corrected chi connectivity index (χ0v) is 23.6. The van der Waals surface area contributed by atoms with E-state index in [-0.39, 0.29) is 29.7 Å². The second kappa shape index (κ2) is 10.2. The van der Waals surface area contributed by atoms with Crippen LogP contribution in [0.25, 0.3) is 12.2 Å². The number of hydrogen-bond acceptors (Lipinski definition) is 9. The number of aromatic hydroxyl groups is 1. The van der Waals surface area contributed by atoms with Crippen molar-refractivity contribution in [2.75, 3.05) is 33.1 Å². The number of rotatable bonds is 5. The Kier molecular flexibility index (Phi) is 7.14. The topological polar surface area (TPSA) is 158 Å². The van der Waals surface area contributed by atoms with E-state index in [0.717, 1.165) is 0 Å². The van der Waals surface area contributed by atoms with E-state index in [2.05, 4.69) is 0 Å². The van der Waals surface area contributed by atoms with E-state index in [9.17, 15) is 38.6 Å². The third-order valence-corrected chi connectivity index (χ3v) is 8.87. The third-order valence-electron chi connectivity index (χ3n) is 8.87. The number of fused-ring (bicyclic) bond motifs is 3. The molecule has 2 saturated carbocycles. The number of hydrogen-bond donors (Lipinski definition) is 3. The van der Waals surface area contributed by atoms with Gasteiger partial charge in [-0.2, -0.15) is 0 Å². The summed E-state index contributed by atoms with van der Waals surface area (Å²) in [4.78, 5) is 70.2. The summed E-state index contributed by atoms with van der Waals surface area (Å²) in [5.41, 5.74) is 4.54. The van der Waals surface area contributed by atoms with E-state index in [1.807, 2.05) is 0 Å². The van der Waals surface area contributed by atoms with Crippen LogP contribution in [0, 0.1) is 29.5 Å². The minimum absolute atomic E-state index is 0.0241. The Labute approximate surface area is 241 Å². The van der Waals surface area contributed by atoms with Crippen molar-refractivity contribution in [2.45, 2.75) is 24.5 Å². The fourth-order valence-corrected chi connectivity index (χ4v) is 6.96. The van der Waals surface area contributed by atoms with Crippen LogP contribution in [0.15, 0.2) is 30.3 Å². The van der Waals surface area contributed by atoms with Gasteiger partial charge in [-0.1, -0.05) is 24.3 Å². The summed E-state index contributed by atoms with van der Waals surface area (Å²) in [6.45, 7) is 0. The van der Waals surface area contributed by atoms with Crippen molar-refractivity contribution in [3.05, 3.63) is 58.4 Å². The highest BCUT2D eigenvalue weighted by Gasteiger charge is 2.69. The fourth-order valence-electron chi connectivity index (χ4n) is 6.96. The largest absolute Gasteiger partial charge is 0.507 e. The van der Waals surface area contributed by atoms with Crippen LogP contribution in [-0.4, -0.2) is 84.0 Å². The van der Waals surface area contributed by atoms with Crippen molar-refractivity contribution >= 4 is 46.9 Å². The minimum atomic E-state index is -2.78. The predicted octanol–water partition coefficient (Wildman–Crippen LogP) is 1.24. The van der Waals surface area contributed by atoms with E-state index in [1.165, 1.54) is 31.1 Å². The number of ketones is 4. The molecule has 6 atom stereocenters. The molecular weight excluding hydrogens is 545 g/mol. The van der Waals surface area contributed by atoms with Crippen LogP contribution >= 0.6 is 0 Å². The third kappa shape index (κ3) is 4.26. The number of amides is 1. The standard InChI is InChI=1S/C31H32FN3O7/c1-34(2)20-13-15(8-5-14-6-9-17(32)10-7-14)25(36)22-18(20)11-16-12-19-24(35(3)4)27(38)23(30(33)41)29(40)31(19,42)28(39)21(16)26(22)37/h5-10,13,16,19,21,23-24,36,42H,11-12H2,1-4H3,(H2,33,41)/t16-,19-,21?,23?,24-,31-/m1/s1. The molecule has 0 radical (unpaired) electrons. The molecule has 0 aliphatic heterocycles. The first-order valence-corrected chi connectivity index (χ1v) is 13.5. The number of phenols is 1. The van der Waals surface area contributed by atoms with Gasteiger partial charge in [-0.05, 0) is 62.2 Å². The number of aliphatic hydroxyl groups is 1. The molecule has 2 aromatic rings. The highest BCUT2D eigenvalue weighted by molar-refractivity contribution is 6.32. The highest BCUT2D eigenvalue weighted by atomic mass is 19.1. The summed E-state index contributed by atoms with van der Waals surface area (Å²) in [6.07, 6.45) is 3.34. The number of halogens is 1. The van der Waals surface area contributed by atoms with Gasteiger partial charge in [-0.3, -0.25) is 28.9 Å². The lowest BCUT2D eigenvalue weighted by atomic mass is 9.52. The quantitative estimate of drug-likeness (QED) is 0.351. The Bertz CT molecular complexity index is 1570. The molecule has 2 aromatic carbocycles. The van der Waals surface area contributed by atoms with Crippen LogP contribution < -0.4 is 10.6 Å². The average molecular weight is 578 g/mol. The summed E-state index contributed by atoms with van der Waals surface area (Å²) in [5, 5.41) is 23.1. The molecule has 10 nitrogen and oxygen atoms in total. The Balaban J connectivity index is 1.63. The highest BCUT2D eigenvalue weighted by Crippen LogP contribution is 2.52. The maximum Gasteiger partial charge on any atom is 0.235 e. The summed E-state index contributed by atoms with van der Waals surface area (Å²) >= 11 is 0. The Morgan fingerprint density at radius 2 is 1.69 bits per heavy atom. The van der Waals surface area contributed by atoms with Crippen LogP contribution in [0.5, 0.6) is 5.75 Å². The lowest BCUT2D eigenvalue weighted by molar-refractivity contribution is -0.181. The number of anilines is 1. The smallest absolute Gasteiger partial charge is 0.235 e. The zero-order valence-electron chi connectivity index (χ0n) is 23.6. The summed E-state index contributed by atoms with van der Waals surface area (Å²) in [7, 11) is 6.62. The molecule has 11 heteroatoms. The van der Waals surface area contributed by atoms with E-state index in [4.69, 9.17) is 5.73 Å². The van der Waals surface area contributed by atoms with Gasteiger partial charge in [0.2, 0.25) is 5.91 Å². The Hall–Kier alpha value is -4.22. The molecule has 3 aliphatic carbocycles. The molecule has 0 saturated heterocycles. The van der Waals surface area contributed by atoms with Crippen molar-refractivity contribution in [3.63, 3.8) is 0 Å². The van der Waals surface area contributed by atoms with Crippen molar-refractivity contribution in [1.82, 2.24) is 4.90 Å². The lowest BCUT2D eigenvalue weighted by Gasteiger charge is -2.52. The van der Waals surface area contributed by atoms with Crippen molar-refractivity contribution in [1.29, 1.82) is 0 Å². The summed E-state index contributed by atoms with van der Waals surface area (Å²) in [5.74, 6) is -11.4. The van der Waals surface area contributed by atoms with Gasteiger partial charge in [-0.15, -0.1) is 0 Å². The molecule has 3 aliphatic rings. The second-order valence-corrected chi connectivity index (χ2v) is 11.8. The Morgan fingerprint density at radius 3 is 2.26 bits per heavy atom. The number of carbonyl (C=O) groups is 5. The number of primary amides is 1. The Morgan fingerprint density at radius 1 is 1.05 bits per heavy atom. The molecule has 0 spiro atoms. The van der Waals surface area contributed by atoms with Gasteiger partial charge >= 0.3 is 0 Å². The van der Waals surface area contributed by atoms with Crippen molar-refractivity contribution < 1.29 is 38.6 Å². The molecule has 1 amide bonds. The lowest BCUT2D eigenvalue weighted by Crippen LogP contribution is -2.74. The average Bonchev–Trinajstić information content (AvgIpc) is 2.90. The van der Waals surface area contributed by atoms with Crippen LogP contribution in [0.4, 0.5) is 10.1 Å². The maximum absolute atomic E-state index is 14.1. The van der Waals surface area contributed by atoms with Crippen LogP contribution in [-0.2, 0) is 25.6 Å². The van der Waals surface area contributed by atoms with Crippen molar-refractivity contribution in [3.8, 4) is 5.75 Å². The fraction of sp³-hybridized carbons (Fsp3) is 0.387. The van der Waals surface area contributed by atoms with E-state index in [1.54, 1.807) is 49.3 Å². The van der Waals surface area contributed by atoms with Gasteiger partial charge in [0, 0.05) is 31.3 Å². The van der Waals surface area contributed by atoms with Gasteiger partial charge in [0.25, 0.3) is 0 Å². The first-order valence-electron chi connectivity index (χ1n) is 13.5. The number of benzene rings is 2. The molecular formula is C31H32FN3O7. The van der Waals surface area contributed by atoms with Crippen molar-refractivity contribution in [2.24, 2.45) is 29.4 Å². The molecule has 5 rings (SSSR count). The van der Waals surface area contributed by atoms with Gasteiger partial charge in [0.1, 0.15) is 11.6 Å².